The first kappa shape index (κ1) is 17.6. The first-order valence-electron chi connectivity index (χ1n) is 7.91. The Bertz CT molecular complexity index is 544. The van der Waals surface area contributed by atoms with E-state index >= 15 is 0 Å². The van der Waals surface area contributed by atoms with E-state index < -0.39 is 12.3 Å². The van der Waals surface area contributed by atoms with Crippen molar-refractivity contribution in [2.24, 2.45) is 5.92 Å². The predicted molar refractivity (Wildman–Crippen MR) is 84.2 cm³/mol. The summed E-state index contributed by atoms with van der Waals surface area (Å²) in [5.41, 5.74) is 2.29. The van der Waals surface area contributed by atoms with E-state index in [1.807, 2.05) is 23.9 Å². The van der Waals surface area contributed by atoms with E-state index in [-0.39, 0.29) is 5.92 Å². The number of rotatable bonds is 7. The minimum atomic E-state index is -2.94. The predicted octanol–water partition coefficient (Wildman–Crippen LogP) is 1.97. The Balaban J connectivity index is 1.86. The second kappa shape index (κ2) is 8.19. The lowest BCUT2D eigenvalue weighted by Crippen LogP contribution is -2.41. The Hall–Kier alpha value is -1.76. The summed E-state index contributed by atoms with van der Waals surface area (Å²) in [7, 11) is 0. The average Bonchev–Trinajstić information content (AvgIpc) is 2.86. The molecule has 0 radical (unpaired) electrons. The van der Waals surface area contributed by atoms with Gasteiger partial charge in [0.1, 0.15) is 0 Å². The number of hydrogen-bond acceptors (Lipinski definition) is 3. The Morgan fingerprint density at radius 2 is 2.39 bits per heavy atom. The lowest BCUT2D eigenvalue weighted by molar-refractivity contribution is -0.132. The van der Waals surface area contributed by atoms with Gasteiger partial charge in [-0.05, 0) is 32.2 Å². The molecule has 1 aromatic rings. The molecule has 1 fully saturated rings. The van der Waals surface area contributed by atoms with Crippen molar-refractivity contribution in [1.29, 1.82) is 0 Å². The molecule has 0 spiro atoms. The van der Waals surface area contributed by atoms with Gasteiger partial charge in [-0.15, -0.1) is 6.58 Å². The highest BCUT2D eigenvalue weighted by Crippen LogP contribution is 2.19. The number of amides is 1. The first-order chi connectivity index (χ1) is 11.0. The van der Waals surface area contributed by atoms with Crippen LogP contribution in [-0.2, 0) is 17.9 Å². The molecule has 0 bridgehead atoms. The summed E-state index contributed by atoms with van der Waals surface area (Å²) in [6, 6.07) is 0. The number of halogens is 2. The lowest BCUT2D eigenvalue weighted by atomic mass is 9.97. The van der Waals surface area contributed by atoms with E-state index in [1.54, 1.807) is 0 Å². The standard InChI is InChI=1S/C16H24F2N4O/c1-3-6-22-12(2)14(9-20-22)11-21-7-4-5-13(10-21)8-19-16(23)15(17)18/h3,9,13,15H,1,4-8,10-11H2,2H3,(H,19,23). The largest absolute Gasteiger partial charge is 0.351 e. The van der Waals surface area contributed by atoms with Crippen LogP contribution in [0.2, 0.25) is 0 Å². The summed E-state index contributed by atoms with van der Waals surface area (Å²) in [6.45, 7) is 9.33. The molecule has 2 rings (SSSR count). The van der Waals surface area contributed by atoms with Crippen LogP contribution in [-0.4, -0.2) is 46.6 Å². The van der Waals surface area contributed by atoms with Crippen molar-refractivity contribution in [3.63, 3.8) is 0 Å². The maximum Gasteiger partial charge on any atom is 0.315 e. The van der Waals surface area contributed by atoms with Crippen molar-refractivity contribution in [2.45, 2.75) is 39.3 Å². The Labute approximate surface area is 135 Å². The van der Waals surface area contributed by atoms with Gasteiger partial charge < -0.3 is 5.32 Å². The molecule has 0 aromatic carbocycles. The van der Waals surface area contributed by atoms with Crippen LogP contribution in [0.4, 0.5) is 8.78 Å². The topological polar surface area (TPSA) is 50.2 Å². The molecule has 1 atom stereocenters. The zero-order chi connectivity index (χ0) is 16.8. The van der Waals surface area contributed by atoms with Gasteiger partial charge in [0.25, 0.3) is 5.91 Å². The van der Waals surface area contributed by atoms with Crippen LogP contribution in [0, 0.1) is 12.8 Å². The summed E-state index contributed by atoms with van der Waals surface area (Å²) >= 11 is 0. The third-order valence-electron chi connectivity index (χ3n) is 4.27. The van der Waals surface area contributed by atoms with Gasteiger partial charge in [-0.3, -0.25) is 14.4 Å². The van der Waals surface area contributed by atoms with Gasteiger partial charge in [0.05, 0.1) is 12.7 Å². The monoisotopic (exact) mass is 326 g/mol. The molecular formula is C16H24F2N4O. The van der Waals surface area contributed by atoms with Crippen LogP contribution >= 0.6 is 0 Å². The van der Waals surface area contributed by atoms with Crippen molar-refractivity contribution in [2.75, 3.05) is 19.6 Å². The van der Waals surface area contributed by atoms with E-state index in [0.29, 0.717) is 13.1 Å². The average molecular weight is 326 g/mol. The number of alkyl halides is 2. The maximum atomic E-state index is 12.2. The number of carbonyl (C=O) groups is 1. The number of nitrogens with one attached hydrogen (secondary N) is 1. The molecule has 7 heteroatoms. The van der Waals surface area contributed by atoms with Crippen molar-refractivity contribution in [3.05, 3.63) is 30.1 Å². The molecule has 128 valence electrons. The molecule has 1 amide bonds. The normalized spacial score (nSPS) is 19.0. The summed E-state index contributed by atoms with van der Waals surface area (Å²) in [4.78, 5) is 13.3. The fourth-order valence-electron chi connectivity index (χ4n) is 2.97. The Kier molecular flexibility index (Phi) is 6.27. The van der Waals surface area contributed by atoms with Crippen LogP contribution in [0.25, 0.3) is 0 Å². The minimum Gasteiger partial charge on any atom is -0.351 e. The molecule has 0 saturated carbocycles. The number of nitrogens with zero attached hydrogens (tertiary/aromatic N) is 3. The third-order valence-corrected chi connectivity index (χ3v) is 4.27. The van der Waals surface area contributed by atoms with Gasteiger partial charge in [0.15, 0.2) is 0 Å². The van der Waals surface area contributed by atoms with Crippen molar-refractivity contribution in [1.82, 2.24) is 20.0 Å². The summed E-state index contributed by atoms with van der Waals surface area (Å²) < 4.78 is 26.3. The molecule has 1 aliphatic rings. The quantitative estimate of drug-likeness (QED) is 0.780. The van der Waals surface area contributed by atoms with E-state index in [2.05, 4.69) is 21.9 Å². The number of aromatic nitrogens is 2. The maximum absolute atomic E-state index is 12.2. The summed E-state index contributed by atoms with van der Waals surface area (Å²) in [5.74, 6) is -0.960. The van der Waals surface area contributed by atoms with Crippen LogP contribution in [0.1, 0.15) is 24.1 Å². The van der Waals surface area contributed by atoms with Gasteiger partial charge in [-0.2, -0.15) is 13.9 Å². The van der Waals surface area contributed by atoms with Crippen molar-refractivity contribution >= 4 is 5.91 Å². The van der Waals surface area contributed by atoms with Gasteiger partial charge in [0, 0.05) is 30.9 Å². The fourth-order valence-corrected chi connectivity index (χ4v) is 2.97. The molecule has 1 saturated heterocycles. The van der Waals surface area contributed by atoms with E-state index in [1.165, 1.54) is 5.56 Å². The first-order valence-corrected chi connectivity index (χ1v) is 7.91. The second-order valence-corrected chi connectivity index (χ2v) is 6.02. The highest BCUT2D eigenvalue weighted by Gasteiger charge is 2.23. The summed E-state index contributed by atoms with van der Waals surface area (Å²) in [5, 5.41) is 6.67. The van der Waals surface area contributed by atoms with Crippen LogP contribution in [0.5, 0.6) is 0 Å². The SMILES string of the molecule is C=CCn1ncc(CN2CCCC(CNC(=O)C(F)F)C2)c1C. The number of carbonyl (C=O) groups excluding carboxylic acids is 1. The summed E-state index contributed by atoms with van der Waals surface area (Å²) in [6.07, 6.45) is 2.71. The van der Waals surface area contributed by atoms with E-state index in [9.17, 15) is 13.6 Å². The zero-order valence-electron chi connectivity index (χ0n) is 13.5. The van der Waals surface area contributed by atoms with Crippen LogP contribution in [0.15, 0.2) is 18.9 Å². The van der Waals surface area contributed by atoms with Crippen molar-refractivity contribution < 1.29 is 13.6 Å². The molecule has 5 nitrogen and oxygen atoms in total. The molecule has 2 heterocycles. The minimum absolute atomic E-state index is 0.218. The van der Waals surface area contributed by atoms with Gasteiger partial charge >= 0.3 is 6.43 Å². The molecule has 23 heavy (non-hydrogen) atoms. The second-order valence-electron chi connectivity index (χ2n) is 6.02. The highest BCUT2D eigenvalue weighted by molar-refractivity contribution is 5.79. The Morgan fingerprint density at radius 3 is 3.09 bits per heavy atom. The van der Waals surface area contributed by atoms with Gasteiger partial charge in [-0.25, -0.2) is 0 Å². The third kappa shape index (κ3) is 4.86. The van der Waals surface area contributed by atoms with E-state index in [0.717, 1.165) is 38.2 Å². The van der Waals surface area contributed by atoms with Crippen molar-refractivity contribution in [3.8, 4) is 0 Å². The zero-order valence-corrected chi connectivity index (χ0v) is 13.5. The highest BCUT2D eigenvalue weighted by atomic mass is 19.3. The van der Waals surface area contributed by atoms with Gasteiger partial charge in [0.2, 0.25) is 0 Å². The fraction of sp³-hybridized carbons (Fsp3) is 0.625. The number of hydrogen-bond donors (Lipinski definition) is 1. The van der Waals surface area contributed by atoms with Gasteiger partial charge in [-0.1, -0.05) is 6.08 Å². The molecule has 1 unspecified atom stereocenters. The molecule has 1 N–H and O–H groups in total. The molecule has 0 aliphatic carbocycles. The number of allylic oxidation sites excluding steroid dienone is 1. The Morgan fingerprint density at radius 1 is 1.61 bits per heavy atom. The van der Waals surface area contributed by atoms with Crippen LogP contribution < -0.4 is 5.32 Å². The molecular weight excluding hydrogens is 302 g/mol. The molecule has 1 aliphatic heterocycles. The molecule has 1 aromatic heterocycles. The number of piperidine rings is 1. The van der Waals surface area contributed by atoms with E-state index in [4.69, 9.17) is 0 Å². The van der Waals surface area contributed by atoms with Crippen LogP contribution in [0.3, 0.4) is 0 Å². The lowest BCUT2D eigenvalue weighted by Gasteiger charge is -2.32. The smallest absolute Gasteiger partial charge is 0.315 e. The number of likely N-dealkylation sites (tertiary alicyclic amines) is 1.